The fourth-order valence-corrected chi connectivity index (χ4v) is 0. The van der Waals surface area contributed by atoms with Crippen LogP contribution in [0.15, 0.2) is 0 Å². The molecule has 0 saturated heterocycles. The van der Waals surface area contributed by atoms with Crippen molar-refractivity contribution in [2.24, 2.45) is 0 Å². The molecular formula is C3H9BBrP+. The van der Waals surface area contributed by atoms with Gasteiger partial charge in [-0.15, -0.1) is 15.8 Å². The molecule has 0 aliphatic carbocycles. The average molecular weight is 167 g/mol. The fraction of sp³-hybridized carbons (Fsp3) is 1.00. The average Bonchev–Trinajstić information content (AvgIpc) is 1.35. The van der Waals surface area contributed by atoms with Crippen LogP contribution in [0, 0.1) is 0 Å². The lowest BCUT2D eigenvalue weighted by atomic mass is 10.7. The zero-order valence-electron chi connectivity index (χ0n) is 4.40. The van der Waals surface area contributed by atoms with Crippen LogP contribution >= 0.6 is 22.9 Å². The van der Waals surface area contributed by atoms with Crippen molar-refractivity contribution >= 4 is 28.7 Å². The Kier molecular flexibility index (Phi) is 2.70. The molecule has 3 heteroatoms. The van der Waals surface area contributed by atoms with E-state index >= 15 is 0 Å². The molecule has 0 bridgehead atoms. The first-order chi connectivity index (χ1) is 2.56. The lowest BCUT2D eigenvalue weighted by Gasteiger charge is -2.01. The van der Waals surface area contributed by atoms with Crippen LogP contribution in [0.1, 0.15) is 0 Å². The van der Waals surface area contributed by atoms with Crippen LogP contribution < -0.4 is 0 Å². The molecule has 0 unspecified atom stereocenters. The third-order valence-electron chi connectivity index (χ3n) is 0.293. The molecule has 0 atom stereocenters. The topological polar surface area (TPSA) is 0 Å². The van der Waals surface area contributed by atoms with Gasteiger partial charge in [0.05, 0.1) is 0 Å². The Morgan fingerprint density at radius 3 is 1.50 bits per heavy atom. The van der Waals surface area contributed by atoms with Gasteiger partial charge in [-0.05, 0) is 7.14 Å². The van der Waals surface area contributed by atoms with E-state index in [9.17, 15) is 0 Å². The molecule has 0 N–H and O–H groups in total. The molecule has 1 radical (unpaired) electrons. The maximum absolute atomic E-state index is 3.29. The third-order valence-corrected chi connectivity index (χ3v) is 4.56. The molecule has 35 valence electrons. The van der Waals surface area contributed by atoms with Gasteiger partial charge in [-0.25, -0.2) is 0 Å². The smallest absolute Gasteiger partial charge is 0.101 e. The SMILES string of the molecule is C[P+](C)(C)[B]Br. The van der Waals surface area contributed by atoms with Gasteiger partial charge >= 0.3 is 5.82 Å². The molecule has 0 rings (SSSR count). The normalized spacial score (nSPS) is 11.3. The summed E-state index contributed by atoms with van der Waals surface area (Å²) >= 11 is 3.29. The van der Waals surface area contributed by atoms with Crippen molar-refractivity contribution in [3.63, 3.8) is 0 Å². The van der Waals surface area contributed by atoms with Crippen LogP contribution in [0.4, 0.5) is 0 Å². The van der Waals surface area contributed by atoms with Crippen LogP contribution in [0.25, 0.3) is 0 Å². The summed E-state index contributed by atoms with van der Waals surface area (Å²) in [6.45, 7) is 6.76. The molecule has 0 aromatic heterocycles. The molecule has 0 saturated carbocycles. The minimum absolute atomic E-state index is 0.605. The fourth-order valence-electron chi connectivity index (χ4n) is 0. The van der Waals surface area contributed by atoms with Gasteiger partial charge in [-0.3, -0.25) is 0 Å². The van der Waals surface area contributed by atoms with Crippen molar-refractivity contribution in [2.75, 3.05) is 20.0 Å². The number of hydrogen-bond acceptors (Lipinski definition) is 0. The standard InChI is InChI=1S/C3H9BBrP/c1-6(2,3)4-5/h1-3H3/q+1. The van der Waals surface area contributed by atoms with Crippen molar-refractivity contribution in [1.82, 2.24) is 0 Å². The number of hydrogen-bond donors (Lipinski definition) is 0. The first-order valence-corrected chi connectivity index (χ1v) is 5.93. The molecule has 0 fully saturated rings. The molecule has 0 heterocycles. The highest BCUT2D eigenvalue weighted by atomic mass is 79.9. The predicted molar refractivity (Wildman–Crippen MR) is 39.4 cm³/mol. The van der Waals surface area contributed by atoms with Gasteiger partial charge < -0.3 is 0 Å². The van der Waals surface area contributed by atoms with Gasteiger partial charge in [0.2, 0.25) is 0 Å². The van der Waals surface area contributed by atoms with Crippen molar-refractivity contribution in [1.29, 1.82) is 0 Å². The second kappa shape index (κ2) is 2.33. The summed E-state index contributed by atoms with van der Waals surface area (Å²) < 4.78 is 0. The largest absolute Gasteiger partial charge is 0.442 e. The highest BCUT2D eigenvalue weighted by molar-refractivity contribution is 9.26. The van der Waals surface area contributed by atoms with E-state index in [1.807, 2.05) is 0 Å². The summed E-state index contributed by atoms with van der Waals surface area (Å²) in [6.07, 6.45) is 0. The highest BCUT2D eigenvalue weighted by Gasteiger charge is 2.16. The van der Waals surface area contributed by atoms with Gasteiger partial charge in [0, 0.05) is 20.0 Å². The minimum Gasteiger partial charge on any atom is -0.101 e. The molecule has 6 heavy (non-hydrogen) atoms. The van der Waals surface area contributed by atoms with E-state index in [2.05, 4.69) is 41.6 Å². The summed E-state index contributed by atoms with van der Waals surface area (Å²) in [6, 6.07) is 0. The van der Waals surface area contributed by atoms with Crippen LogP contribution in [-0.4, -0.2) is 25.8 Å². The molecular weight excluding hydrogens is 158 g/mol. The number of rotatable bonds is 1. The molecule has 0 aliphatic rings. The van der Waals surface area contributed by atoms with Gasteiger partial charge in [0.25, 0.3) is 0 Å². The van der Waals surface area contributed by atoms with E-state index < -0.39 is 7.14 Å². The Bertz CT molecular complexity index is 40.5. The van der Waals surface area contributed by atoms with Gasteiger partial charge in [0.15, 0.2) is 0 Å². The molecule has 0 nitrogen and oxygen atoms in total. The quantitative estimate of drug-likeness (QED) is 0.412. The third kappa shape index (κ3) is 4.97. The molecule has 0 spiro atoms. The predicted octanol–water partition coefficient (Wildman–Crippen LogP) is 1.82. The first kappa shape index (κ1) is 6.97. The Hall–Kier alpha value is 0.975. The first-order valence-electron chi connectivity index (χ1n) is 1.82. The summed E-state index contributed by atoms with van der Waals surface area (Å²) in [5, 5.41) is 0. The van der Waals surface area contributed by atoms with E-state index in [4.69, 9.17) is 0 Å². The van der Waals surface area contributed by atoms with E-state index in [0.717, 1.165) is 0 Å². The zero-order valence-corrected chi connectivity index (χ0v) is 6.88. The van der Waals surface area contributed by atoms with Crippen molar-refractivity contribution in [3.05, 3.63) is 0 Å². The Labute approximate surface area is 49.2 Å². The van der Waals surface area contributed by atoms with Crippen molar-refractivity contribution in [3.8, 4) is 0 Å². The van der Waals surface area contributed by atoms with Crippen molar-refractivity contribution in [2.45, 2.75) is 0 Å². The summed E-state index contributed by atoms with van der Waals surface area (Å²) in [5.41, 5.74) is 0. The molecule has 0 aromatic rings. The van der Waals surface area contributed by atoms with Crippen LogP contribution in [-0.2, 0) is 0 Å². The second-order valence-corrected chi connectivity index (χ2v) is 7.87. The minimum atomic E-state index is -0.605. The van der Waals surface area contributed by atoms with Crippen LogP contribution in [0.3, 0.4) is 0 Å². The summed E-state index contributed by atoms with van der Waals surface area (Å²) in [4.78, 5) is 0. The van der Waals surface area contributed by atoms with Gasteiger partial charge in [-0.2, -0.15) is 0 Å². The molecule has 0 amide bonds. The molecule has 0 aliphatic heterocycles. The lowest BCUT2D eigenvalue weighted by molar-refractivity contribution is 2.09. The number of halogens is 1. The highest BCUT2D eigenvalue weighted by Crippen LogP contribution is 2.45. The molecule has 0 aromatic carbocycles. The maximum atomic E-state index is 3.29. The van der Waals surface area contributed by atoms with E-state index in [1.165, 1.54) is 0 Å². The van der Waals surface area contributed by atoms with Gasteiger partial charge in [-0.1, -0.05) is 0 Å². The van der Waals surface area contributed by atoms with Crippen LogP contribution in [0.2, 0.25) is 0 Å². The lowest BCUT2D eigenvalue weighted by Crippen LogP contribution is -1.86. The zero-order chi connectivity index (χ0) is 5.21. The Balaban J connectivity index is 3.17. The Morgan fingerprint density at radius 2 is 1.50 bits per heavy atom. The van der Waals surface area contributed by atoms with E-state index in [-0.39, 0.29) is 0 Å². The van der Waals surface area contributed by atoms with Gasteiger partial charge in [0.1, 0.15) is 0 Å². The van der Waals surface area contributed by atoms with E-state index in [0.29, 0.717) is 0 Å². The summed E-state index contributed by atoms with van der Waals surface area (Å²) in [5.74, 6) is 2.11. The summed E-state index contributed by atoms with van der Waals surface area (Å²) in [7, 11) is -0.605. The Morgan fingerprint density at radius 1 is 1.33 bits per heavy atom. The van der Waals surface area contributed by atoms with E-state index in [1.54, 1.807) is 0 Å². The monoisotopic (exact) mass is 166 g/mol. The second-order valence-electron chi connectivity index (χ2n) is 2.21. The van der Waals surface area contributed by atoms with Crippen LogP contribution in [0.5, 0.6) is 0 Å². The van der Waals surface area contributed by atoms with Crippen molar-refractivity contribution < 1.29 is 0 Å². The maximum Gasteiger partial charge on any atom is 0.442 e.